The molecule has 1 saturated heterocycles. The number of aryl methyl sites for hydroxylation is 1. The minimum absolute atomic E-state index is 0.0692. The summed E-state index contributed by atoms with van der Waals surface area (Å²) in [6, 6.07) is 5.47. The molecule has 0 unspecified atom stereocenters. The van der Waals surface area contributed by atoms with Gasteiger partial charge in [0.25, 0.3) is 0 Å². The number of fused-ring (bicyclic) bond motifs is 1. The molecule has 2 N–H and O–H groups in total. The summed E-state index contributed by atoms with van der Waals surface area (Å²) >= 11 is 3.06. The molecular weight excluding hydrogens is 306 g/mol. The average molecular weight is 321 g/mol. The summed E-state index contributed by atoms with van der Waals surface area (Å²) in [5.41, 5.74) is 2.00. The van der Waals surface area contributed by atoms with E-state index in [2.05, 4.69) is 15.6 Å². The average Bonchev–Trinajstić information content (AvgIpc) is 2.73. The number of anilines is 1. The number of amides is 2. The van der Waals surface area contributed by atoms with Crippen LogP contribution in [0.3, 0.4) is 0 Å². The van der Waals surface area contributed by atoms with Crippen molar-refractivity contribution < 1.29 is 9.59 Å². The number of hydrogen-bond donors (Lipinski definition) is 2. The van der Waals surface area contributed by atoms with E-state index in [0.717, 1.165) is 21.5 Å². The van der Waals surface area contributed by atoms with Gasteiger partial charge in [-0.15, -0.1) is 0 Å². The predicted octanol–water partition coefficient (Wildman–Crippen LogP) is 2.16. The fraction of sp³-hybridized carbons (Fsp3) is 0.357. The topological polar surface area (TPSA) is 71.1 Å². The van der Waals surface area contributed by atoms with Crippen LogP contribution in [0.4, 0.5) is 5.13 Å². The Morgan fingerprint density at radius 2 is 2.33 bits per heavy atom. The molecule has 110 valence electrons. The molecule has 7 heteroatoms. The van der Waals surface area contributed by atoms with Crippen molar-refractivity contribution in [3.63, 3.8) is 0 Å². The number of thiazole rings is 1. The van der Waals surface area contributed by atoms with E-state index in [1.807, 2.05) is 25.1 Å². The maximum absolute atomic E-state index is 12.3. The van der Waals surface area contributed by atoms with Crippen molar-refractivity contribution in [1.82, 2.24) is 10.3 Å². The standard InChI is InChI=1S/C14H15N3O2S2/c1-8-3-2-4-10-12(8)16-14(21-10)17-13(19)9-7-20-6-5-11(18)15-9/h2-4,9H,5-7H2,1H3,(H,15,18)(H,16,17,19)/t9-/m0/s1. The van der Waals surface area contributed by atoms with Crippen molar-refractivity contribution in [2.45, 2.75) is 19.4 Å². The molecule has 1 atom stereocenters. The molecule has 1 aromatic heterocycles. The van der Waals surface area contributed by atoms with Crippen LogP contribution >= 0.6 is 23.1 Å². The third-order valence-corrected chi connectivity index (χ3v) is 5.26. The van der Waals surface area contributed by atoms with Gasteiger partial charge in [-0.1, -0.05) is 23.5 Å². The lowest BCUT2D eigenvalue weighted by atomic mass is 10.2. The van der Waals surface area contributed by atoms with Crippen LogP contribution in [0.2, 0.25) is 0 Å². The quantitative estimate of drug-likeness (QED) is 0.889. The molecule has 1 aliphatic rings. The van der Waals surface area contributed by atoms with Gasteiger partial charge in [-0.2, -0.15) is 11.8 Å². The highest BCUT2D eigenvalue weighted by Gasteiger charge is 2.24. The van der Waals surface area contributed by atoms with E-state index < -0.39 is 6.04 Å². The molecule has 2 heterocycles. The highest BCUT2D eigenvalue weighted by atomic mass is 32.2. The second kappa shape index (κ2) is 6.03. The van der Waals surface area contributed by atoms with Gasteiger partial charge in [-0.3, -0.25) is 9.59 Å². The van der Waals surface area contributed by atoms with Crippen LogP contribution in [0, 0.1) is 6.92 Å². The summed E-state index contributed by atoms with van der Waals surface area (Å²) < 4.78 is 1.05. The monoisotopic (exact) mass is 321 g/mol. The van der Waals surface area contributed by atoms with Crippen LogP contribution in [-0.4, -0.2) is 34.3 Å². The van der Waals surface area contributed by atoms with E-state index >= 15 is 0 Å². The van der Waals surface area contributed by atoms with E-state index in [1.165, 1.54) is 11.3 Å². The molecular formula is C14H15N3O2S2. The van der Waals surface area contributed by atoms with E-state index in [0.29, 0.717) is 17.3 Å². The zero-order valence-electron chi connectivity index (χ0n) is 11.5. The van der Waals surface area contributed by atoms with Gasteiger partial charge in [0.15, 0.2) is 5.13 Å². The minimum Gasteiger partial charge on any atom is -0.343 e. The maximum Gasteiger partial charge on any atom is 0.249 e. The summed E-state index contributed by atoms with van der Waals surface area (Å²) in [4.78, 5) is 28.2. The van der Waals surface area contributed by atoms with Crippen LogP contribution in [0.1, 0.15) is 12.0 Å². The van der Waals surface area contributed by atoms with E-state index in [9.17, 15) is 9.59 Å². The summed E-state index contributed by atoms with van der Waals surface area (Å²) in [7, 11) is 0. The van der Waals surface area contributed by atoms with Crippen LogP contribution in [-0.2, 0) is 9.59 Å². The zero-order valence-corrected chi connectivity index (χ0v) is 13.1. The number of aromatic nitrogens is 1. The van der Waals surface area contributed by atoms with Crippen LogP contribution in [0.5, 0.6) is 0 Å². The van der Waals surface area contributed by atoms with Gasteiger partial charge < -0.3 is 10.6 Å². The van der Waals surface area contributed by atoms with Gasteiger partial charge in [0.1, 0.15) is 6.04 Å². The molecule has 21 heavy (non-hydrogen) atoms. The van der Waals surface area contributed by atoms with E-state index in [1.54, 1.807) is 11.8 Å². The first kappa shape index (κ1) is 14.3. The van der Waals surface area contributed by atoms with Crippen molar-refractivity contribution in [3.8, 4) is 0 Å². The zero-order chi connectivity index (χ0) is 14.8. The third kappa shape index (κ3) is 3.19. The fourth-order valence-electron chi connectivity index (χ4n) is 2.15. The number of carbonyl (C=O) groups excluding carboxylic acids is 2. The van der Waals surface area contributed by atoms with Crippen molar-refractivity contribution >= 4 is 50.3 Å². The Kier molecular flexibility index (Phi) is 4.12. The molecule has 0 bridgehead atoms. The minimum atomic E-state index is -0.488. The SMILES string of the molecule is Cc1cccc2sc(NC(=O)[C@@H]3CSCCC(=O)N3)nc12. The number of carbonyl (C=O) groups is 2. The summed E-state index contributed by atoms with van der Waals surface area (Å²) in [5.74, 6) is 1.09. The Balaban J connectivity index is 1.76. The van der Waals surface area contributed by atoms with Crippen molar-refractivity contribution in [2.24, 2.45) is 0 Å². The van der Waals surface area contributed by atoms with E-state index in [4.69, 9.17) is 0 Å². The Morgan fingerprint density at radius 3 is 3.14 bits per heavy atom. The Morgan fingerprint density at radius 1 is 1.48 bits per heavy atom. The van der Waals surface area contributed by atoms with Crippen molar-refractivity contribution in [1.29, 1.82) is 0 Å². The molecule has 5 nitrogen and oxygen atoms in total. The normalized spacial score (nSPS) is 19.1. The number of nitrogens with one attached hydrogen (secondary N) is 2. The first-order chi connectivity index (χ1) is 10.1. The number of nitrogens with zero attached hydrogens (tertiary/aromatic N) is 1. The highest BCUT2D eigenvalue weighted by molar-refractivity contribution is 7.99. The Bertz CT molecular complexity index is 699. The summed E-state index contributed by atoms with van der Waals surface area (Å²) in [6.07, 6.45) is 0.467. The van der Waals surface area contributed by atoms with Crippen LogP contribution < -0.4 is 10.6 Å². The largest absolute Gasteiger partial charge is 0.343 e. The predicted molar refractivity (Wildman–Crippen MR) is 86.9 cm³/mol. The smallest absolute Gasteiger partial charge is 0.249 e. The van der Waals surface area contributed by atoms with Gasteiger partial charge in [0, 0.05) is 17.9 Å². The molecule has 0 radical (unpaired) electrons. The lowest BCUT2D eigenvalue weighted by Gasteiger charge is -2.13. The number of rotatable bonds is 2. The number of para-hydroxylation sites is 1. The van der Waals surface area contributed by atoms with Crippen LogP contribution in [0.25, 0.3) is 10.2 Å². The first-order valence-electron chi connectivity index (χ1n) is 6.67. The first-order valence-corrected chi connectivity index (χ1v) is 8.65. The Hall–Kier alpha value is -1.60. The lowest BCUT2D eigenvalue weighted by molar-refractivity contribution is -0.125. The molecule has 1 aromatic carbocycles. The highest BCUT2D eigenvalue weighted by Crippen LogP contribution is 2.28. The van der Waals surface area contributed by atoms with Gasteiger partial charge in [0.2, 0.25) is 11.8 Å². The van der Waals surface area contributed by atoms with Crippen molar-refractivity contribution in [3.05, 3.63) is 23.8 Å². The van der Waals surface area contributed by atoms with E-state index in [-0.39, 0.29) is 11.8 Å². The van der Waals surface area contributed by atoms with Gasteiger partial charge in [-0.05, 0) is 18.6 Å². The molecule has 1 aliphatic heterocycles. The third-order valence-electron chi connectivity index (χ3n) is 3.26. The van der Waals surface area contributed by atoms with Crippen molar-refractivity contribution in [2.75, 3.05) is 16.8 Å². The van der Waals surface area contributed by atoms with Gasteiger partial charge >= 0.3 is 0 Å². The second-order valence-electron chi connectivity index (χ2n) is 4.87. The number of hydrogen-bond acceptors (Lipinski definition) is 5. The molecule has 2 aromatic rings. The second-order valence-corrected chi connectivity index (χ2v) is 7.06. The molecule has 2 amide bonds. The van der Waals surface area contributed by atoms with Gasteiger partial charge in [-0.25, -0.2) is 4.98 Å². The molecule has 1 fully saturated rings. The molecule has 0 spiro atoms. The Labute approximate surface area is 130 Å². The van der Waals surface area contributed by atoms with Crippen LogP contribution in [0.15, 0.2) is 18.2 Å². The number of thioether (sulfide) groups is 1. The maximum atomic E-state index is 12.3. The lowest BCUT2D eigenvalue weighted by Crippen LogP contribution is -2.44. The number of benzene rings is 1. The molecule has 3 rings (SSSR count). The fourth-order valence-corrected chi connectivity index (χ4v) is 4.06. The summed E-state index contributed by atoms with van der Waals surface area (Å²) in [6.45, 7) is 2.00. The molecule has 0 aliphatic carbocycles. The molecule has 0 saturated carbocycles. The van der Waals surface area contributed by atoms with Gasteiger partial charge in [0.05, 0.1) is 10.2 Å². The summed E-state index contributed by atoms with van der Waals surface area (Å²) in [5, 5.41) is 6.14.